The number of hydrogen-bond donors (Lipinski definition) is 9. The first-order valence-corrected chi connectivity index (χ1v) is 33.2. The molecule has 0 bridgehead atoms. The van der Waals surface area contributed by atoms with Gasteiger partial charge in [0, 0.05) is 6.42 Å². The second-order valence-corrected chi connectivity index (χ2v) is 23.2. The molecule has 2 heterocycles. The lowest BCUT2D eigenvalue weighted by Crippen LogP contribution is -2.65. The summed E-state index contributed by atoms with van der Waals surface area (Å²) in [6.07, 6.45) is 53.7. The highest BCUT2D eigenvalue weighted by Gasteiger charge is 2.51. The predicted molar refractivity (Wildman–Crippen MR) is 332 cm³/mol. The maximum atomic E-state index is 13.3. The minimum absolute atomic E-state index is 0.252. The van der Waals surface area contributed by atoms with Crippen LogP contribution in [0.4, 0.5) is 0 Å². The van der Waals surface area contributed by atoms with Gasteiger partial charge in [-0.2, -0.15) is 0 Å². The van der Waals surface area contributed by atoms with Crippen LogP contribution in [0, 0.1) is 0 Å². The summed E-state index contributed by atoms with van der Waals surface area (Å²) in [6, 6.07) is -0.937. The molecule has 12 unspecified atom stereocenters. The van der Waals surface area contributed by atoms with Gasteiger partial charge in [0.1, 0.15) is 48.8 Å². The topological polar surface area (TPSA) is 228 Å². The SMILES string of the molecule is CC/C=C\C/C=C\C/C=C\C/C=C\CCCCCCCCCCCCCCC(=O)NC(COC1OC(CO)C(OC2OC(CO)C(O)C(O)C2O)C(O)C1O)C(O)/C=C/CC/C=C/CCCCCCCCCCCCCCCCCCC. The van der Waals surface area contributed by atoms with Crippen molar-refractivity contribution in [3.63, 3.8) is 0 Å². The van der Waals surface area contributed by atoms with E-state index in [0.717, 1.165) is 64.2 Å². The molecule has 82 heavy (non-hydrogen) atoms. The summed E-state index contributed by atoms with van der Waals surface area (Å²) < 4.78 is 22.8. The number of carbonyl (C=O) groups is 1. The maximum absolute atomic E-state index is 13.3. The highest BCUT2D eigenvalue weighted by molar-refractivity contribution is 5.76. The minimum Gasteiger partial charge on any atom is -0.394 e. The van der Waals surface area contributed by atoms with Gasteiger partial charge in [0.05, 0.1) is 32.0 Å². The van der Waals surface area contributed by atoms with Gasteiger partial charge < -0.3 is 65.1 Å². The number of nitrogens with one attached hydrogen (secondary N) is 1. The van der Waals surface area contributed by atoms with Crippen molar-refractivity contribution in [2.24, 2.45) is 0 Å². The van der Waals surface area contributed by atoms with E-state index in [0.29, 0.717) is 12.8 Å². The van der Waals surface area contributed by atoms with Crippen LogP contribution in [0.25, 0.3) is 0 Å². The number of carbonyl (C=O) groups excluding carboxylic acids is 1. The lowest BCUT2D eigenvalue weighted by molar-refractivity contribution is -0.359. The number of aliphatic hydroxyl groups excluding tert-OH is 8. The Morgan fingerprint density at radius 2 is 0.854 bits per heavy atom. The molecule has 0 aliphatic carbocycles. The molecule has 0 aromatic rings. The number of hydrogen-bond acceptors (Lipinski definition) is 13. The highest BCUT2D eigenvalue weighted by Crippen LogP contribution is 2.30. The Labute approximate surface area is 498 Å². The summed E-state index contributed by atoms with van der Waals surface area (Å²) in [7, 11) is 0. The molecule has 0 saturated carbocycles. The van der Waals surface area contributed by atoms with Gasteiger partial charge in [-0.1, -0.05) is 254 Å². The fourth-order valence-corrected chi connectivity index (χ4v) is 10.6. The van der Waals surface area contributed by atoms with Gasteiger partial charge in [-0.05, 0) is 70.6 Å². The third-order valence-corrected chi connectivity index (χ3v) is 15.9. The van der Waals surface area contributed by atoms with E-state index in [1.54, 1.807) is 6.08 Å². The summed E-state index contributed by atoms with van der Waals surface area (Å²) in [5, 5.41) is 87.3. The molecule has 14 heteroatoms. The normalized spacial score (nSPS) is 24.4. The minimum atomic E-state index is -1.79. The Balaban J connectivity index is 1.73. The summed E-state index contributed by atoms with van der Waals surface area (Å²) in [5.41, 5.74) is 0. The lowest BCUT2D eigenvalue weighted by Gasteiger charge is -2.46. The average molecular weight is 1160 g/mol. The second-order valence-electron chi connectivity index (χ2n) is 23.2. The maximum Gasteiger partial charge on any atom is 0.220 e. The Morgan fingerprint density at radius 1 is 0.451 bits per heavy atom. The highest BCUT2D eigenvalue weighted by atomic mass is 16.7. The number of allylic oxidation sites excluding steroid dienone is 11. The molecule has 2 aliphatic heterocycles. The van der Waals surface area contributed by atoms with Gasteiger partial charge in [0.25, 0.3) is 0 Å². The van der Waals surface area contributed by atoms with Crippen LogP contribution < -0.4 is 5.32 Å². The lowest BCUT2D eigenvalue weighted by atomic mass is 9.97. The van der Waals surface area contributed by atoms with Crippen LogP contribution >= 0.6 is 0 Å². The molecule has 0 spiro atoms. The van der Waals surface area contributed by atoms with Crippen LogP contribution in [-0.4, -0.2) is 140 Å². The quantitative estimate of drug-likeness (QED) is 0.0204. The third kappa shape index (κ3) is 37.1. The van der Waals surface area contributed by atoms with Crippen LogP contribution in [0.2, 0.25) is 0 Å². The molecule has 1 amide bonds. The summed E-state index contributed by atoms with van der Waals surface area (Å²) >= 11 is 0. The standard InChI is InChI=1S/C68H121NO13/c1-3-5-7-9-11-13-15-17-19-21-23-25-27-28-30-32-34-36-38-40-42-44-46-48-50-52-60(73)69-56(55-79-67-65(78)63(76)66(59(54-71)81-67)82-68-64(77)62(75)61(74)58(53-70)80-68)57(72)51-49-47-45-43-41-39-37-35-33-31-29-26-24-22-20-18-16-14-12-10-8-6-4-2/h5,7,11,13,17,19,23,25,41,43,49,51,56-59,61-68,70-72,74-78H,3-4,6,8-10,12,14-16,18,20-22,24,26-40,42,44-48,50,52-55H2,1-2H3,(H,69,73)/b7-5-,13-11-,19-17-,25-23-,43-41+,51-49+. The average Bonchev–Trinajstić information content (AvgIpc) is 3.56. The first kappa shape index (κ1) is 75.5. The molecule has 2 fully saturated rings. The predicted octanol–water partition coefficient (Wildman–Crippen LogP) is 12.7. The van der Waals surface area contributed by atoms with Crippen LogP contribution in [-0.2, 0) is 23.7 Å². The molecule has 0 aromatic heterocycles. The number of rotatable bonds is 53. The number of ether oxygens (including phenoxy) is 4. The largest absolute Gasteiger partial charge is 0.394 e. The van der Waals surface area contributed by atoms with Crippen molar-refractivity contribution in [3.8, 4) is 0 Å². The van der Waals surface area contributed by atoms with Gasteiger partial charge in [-0.15, -0.1) is 0 Å². The van der Waals surface area contributed by atoms with Crippen molar-refractivity contribution in [2.45, 2.75) is 331 Å². The number of aliphatic hydroxyl groups is 8. The molecule has 0 aromatic carbocycles. The van der Waals surface area contributed by atoms with Gasteiger partial charge in [-0.3, -0.25) is 4.79 Å². The molecule has 0 radical (unpaired) electrons. The first-order valence-electron chi connectivity index (χ1n) is 33.2. The van der Waals surface area contributed by atoms with E-state index in [9.17, 15) is 45.6 Å². The molecule has 12 atom stereocenters. The molecule has 2 rings (SSSR count). The molecular weight excluding hydrogens is 1040 g/mol. The smallest absolute Gasteiger partial charge is 0.220 e. The van der Waals surface area contributed by atoms with Crippen molar-refractivity contribution < 1.29 is 64.6 Å². The van der Waals surface area contributed by atoms with E-state index in [4.69, 9.17) is 18.9 Å². The van der Waals surface area contributed by atoms with Crippen molar-refractivity contribution >= 4 is 5.91 Å². The summed E-state index contributed by atoms with van der Waals surface area (Å²) in [6.45, 7) is 2.69. The van der Waals surface area contributed by atoms with E-state index in [1.807, 2.05) is 6.08 Å². The second kappa shape index (κ2) is 52.7. The van der Waals surface area contributed by atoms with E-state index in [-0.39, 0.29) is 18.9 Å². The third-order valence-electron chi connectivity index (χ3n) is 15.9. The fraction of sp³-hybridized carbons (Fsp3) is 0.809. The molecule has 14 nitrogen and oxygen atoms in total. The summed E-state index contributed by atoms with van der Waals surface area (Å²) in [4.78, 5) is 13.3. The Kier molecular flexibility index (Phi) is 48.6. The van der Waals surface area contributed by atoms with Gasteiger partial charge >= 0.3 is 0 Å². The van der Waals surface area contributed by atoms with E-state index in [2.05, 4.69) is 79.9 Å². The summed E-state index contributed by atoms with van der Waals surface area (Å²) in [5.74, 6) is -0.252. The van der Waals surface area contributed by atoms with Crippen LogP contribution in [0.5, 0.6) is 0 Å². The molecular formula is C68H121NO13. The molecule has 2 aliphatic rings. The van der Waals surface area contributed by atoms with Crippen molar-refractivity contribution in [2.75, 3.05) is 19.8 Å². The van der Waals surface area contributed by atoms with E-state index < -0.39 is 86.8 Å². The van der Waals surface area contributed by atoms with Gasteiger partial charge in [0.2, 0.25) is 5.91 Å². The molecule has 476 valence electrons. The van der Waals surface area contributed by atoms with Crippen molar-refractivity contribution in [1.82, 2.24) is 5.32 Å². The van der Waals surface area contributed by atoms with Gasteiger partial charge in [-0.25, -0.2) is 0 Å². The molecule has 2 saturated heterocycles. The van der Waals surface area contributed by atoms with Crippen molar-refractivity contribution in [3.05, 3.63) is 72.9 Å². The van der Waals surface area contributed by atoms with Crippen LogP contribution in [0.15, 0.2) is 72.9 Å². The fourth-order valence-electron chi connectivity index (χ4n) is 10.6. The molecule has 9 N–H and O–H groups in total. The Bertz CT molecular complexity index is 1650. The zero-order valence-corrected chi connectivity index (χ0v) is 51.5. The van der Waals surface area contributed by atoms with Crippen LogP contribution in [0.3, 0.4) is 0 Å². The monoisotopic (exact) mass is 1160 g/mol. The number of amides is 1. The van der Waals surface area contributed by atoms with Gasteiger partial charge in [0.15, 0.2) is 12.6 Å². The Hall–Kier alpha value is -2.57. The van der Waals surface area contributed by atoms with Crippen molar-refractivity contribution in [1.29, 1.82) is 0 Å². The van der Waals surface area contributed by atoms with Crippen LogP contribution in [0.1, 0.15) is 258 Å². The first-order chi connectivity index (χ1) is 40.1. The number of unbranched alkanes of at least 4 members (excludes halogenated alkanes) is 30. The zero-order chi connectivity index (χ0) is 59.5. The Morgan fingerprint density at radius 3 is 1.34 bits per heavy atom. The van der Waals surface area contributed by atoms with E-state index >= 15 is 0 Å². The zero-order valence-electron chi connectivity index (χ0n) is 51.5. The van der Waals surface area contributed by atoms with E-state index in [1.165, 1.54) is 161 Å².